The minimum atomic E-state index is -1.17. The van der Waals surface area contributed by atoms with Crippen LogP contribution in [0.5, 0.6) is 0 Å². The number of carbonyl (C=O) groups excluding carboxylic acids is 2. The van der Waals surface area contributed by atoms with E-state index in [1.54, 1.807) is 0 Å². The second kappa shape index (κ2) is 22.1. The summed E-state index contributed by atoms with van der Waals surface area (Å²) in [6.45, 7) is 2.73. The van der Waals surface area contributed by atoms with Crippen LogP contribution in [-0.4, -0.2) is 50.2 Å². The maximum Gasteiger partial charge on any atom is 0.306 e. The quantitative estimate of drug-likeness (QED) is 0.0698. The lowest BCUT2D eigenvalue weighted by Gasteiger charge is -2.29. The molecule has 0 unspecified atom stereocenters. The summed E-state index contributed by atoms with van der Waals surface area (Å²) in [5.74, 6) is -1.47. The van der Waals surface area contributed by atoms with Gasteiger partial charge in [-0.1, -0.05) is 96.1 Å². The predicted octanol–water partition coefficient (Wildman–Crippen LogP) is 6.34. The smallest absolute Gasteiger partial charge is 0.306 e. The highest BCUT2D eigenvalue weighted by Gasteiger charge is 2.22. The molecule has 0 N–H and O–H groups in total. The van der Waals surface area contributed by atoms with Gasteiger partial charge in [0.1, 0.15) is 6.54 Å². The number of likely N-dealkylation sites (N-methyl/N-ethyl adjacent to an activating group) is 1. The summed E-state index contributed by atoms with van der Waals surface area (Å²) in [6.07, 6.45) is 25.7. The Morgan fingerprint density at radius 1 is 0.735 bits per heavy atom. The van der Waals surface area contributed by atoms with Crippen molar-refractivity contribution in [3.63, 3.8) is 0 Å². The number of carboxylic acid groups (broad SMARTS) is 1. The molecule has 5 nitrogen and oxygen atoms in total. The first-order chi connectivity index (χ1) is 16.2. The summed E-state index contributed by atoms with van der Waals surface area (Å²) >= 11 is 0. The molecule has 0 fully saturated rings. The largest absolute Gasteiger partial charge is 0.550 e. The number of hydrogen-bond acceptors (Lipinski definition) is 4. The van der Waals surface area contributed by atoms with Gasteiger partial charge in [0, 0.05) is 18.8 Å². The van der Waals surface area contributed by atoms with Gasteiger partial charge in [-0.2, -0.15) is 0 Å². The van der Waals surface area contributed by atoms with Crippen molar-refractivity contribution in [3.05, 3.63) is 12.2 Å². The zero-order chi connectivity index (χ0) is 25.5. The van der Waals surface area contributed by atoms with Crippen molar-refractivity contribution >= 4 is 11.9 Å². The molecule has 0 saturated heterocycles. The first-order valence-corrected chi connectivity index (χ1v) is 14.1. The number of allylic oxidation sites excluding steroid dienone is 2. The van der Waals surface area contributed by atoms with E-state index < -0.39 is 12.1 Å². The third-order valence-electron chi connectivity index (χ3n) is 6.09. The molecule has 0 aromatic carbocycles. The number of ether oxygens (including phenoxy) is 1. The van der Waals surface area contributed by atoms with Crippen molar-refractivity contribution in [1.29, 1.82) is 0 Å². The fourth-order valence-corrected chi connectivity index (χ4v) is 4.23. The number of unbranched alkanes of at least 4 members (excludes halogenated alkanes) is 15. The molecule has 1 atom stereocenters. The van der Waals surface area contributed by atoms with Crippen molar-refractivity contribution in [3.8, 4) is 0 Å². The van der Waals surface area contributed by atoms with Gasteiger partial charge >= 0.3 is 5.97 Å². The van der Waals surface area contributed by atoms with Crippen molar-refractivity contribution in [2.24, 2.45) is 0 Å². The van der Waals surface area contributed by atoms with Crippen molar-refractivity contribution in [2.75, 3.05) is 27.7 Å². The molecule has 0 bridgehead atoms. The summed E-state index contributed by atoms with van der Waals surface area (Å²) in [5, 5.41) is 10.9. The lowest BCUT2D eigenvalue weighted by molar-refractivity contribution is -0.873. The molecule has 0 rings (SSSR count). The summed E-state index contributed by atoms with van der Waals surface area (Å²) in [7, 11) is 5.85. The summed E-state index contributed by atoms with van der Waals surface area (Å²) in [5.41, 5.74) is 0. The molecule has 34 heavy (non-hydrogen) atoms. The van der Waals surface area contributed by atoms with Gasteiger partial charge in [0.2, 0.25) is 0 Å². The van der Waals surface area contributed by atoms with Gasteiger partial charge in [-0.3, -0.25) is 4.79 Å². The van der Waals surface area contributed by atoms with Crippen molar-refractivity contribution in [1.82, 2.24) is 0 Å². The molecule has 0 aliphatic carbocycles. The molecule has 0 aromatic rings. The van der Waals surface area contributed by atoms with Crippen LogP contribution in [0, 0.1) is 0 Å². The second-order valence-corrected chi connectivity index (χ2v) is 10.9. The SMILES string of the molecule is CCCCCCCCC=CCCCCCCCCCCCC(=O)O[C@H](CC(=O)[O-])C[N+](C)(C)C. The van der Waals surface area contributed by atoms with E-state index >= 15 is 0 Å². The highest BCUT2D eigenvalue weighted by molar-refractivity contribution is 5.70. The Labute approximate surface area is 210 Å². The van der Waals surface area contributed by atoms with Crippen LogP contribution >= 0.6 is 0 Å². The topological polar surface area (TPSA) is 66.4 Å². The molecule has 0 amide bonds. The van der Waals surface area contributed by atoms with E-state index in [1.165, 1.54) is 89.9 Å². The summed E-state index contributed by atoms with van der Waals surface area (Å²) in [6, 6.07) is 0. The van der Waals surface area contributed by atoms with E-state index in [2.05, 4.69) is 19.1 Å². The normalized spacial score (nSPS) is 12.8. The van der Waals surface area contributed by atoms with E-state index in [1.807, 2.05) is 21.1 Å². The van der Waals surface area contributed by atoms with Crippen LogP contribution in [0.2, 0.25) is 0 Å². The van der Waals surface area contributed by atoms with Crippen LogP contribution < -0.4 is 5.11 Å². The average molecular weight is 482 g/mol. The maximum absolute atomic E-state index is 12.1. The number of esters is 1. The van der Waals surface area contributed by atoms with E-state index in [0.717, 1.165) is 19.3 Å². The highest BCUT2D eigenvalue weighted by Crippen LogP contribution is 2.13. The summed E-state index contributed by atoms with van der Waals surface area (Å²) < 4.78 is 5.94. The van der Waals surface area contributed by atoms with Crippen molar-refractivity contribution in [2.45, 2.75) is 135 Å². The van der Waals surface area contributed by atoms with Gasteiger partial charge in [-0.05, 0) is 32.1 Å². The standard InChI is InChI=1S/C29H55NO4/c1-5-6-7-8-9-10-11-12-13-14-15-16-17-18-19-20-21-22-23-24-29(33)34-27(25-28(31)32)26-30(2,3)4/h12-13,27H,5-11,14-26H2,1-4H3/t27-/m1/s1. The molecule has 0 heterocycles. The highest BCUT2D eigenvalue weighted by atomic mass is 16.5. The third-order valence-corrected chi connectivity index (χ3v) is 6.09. The van der Waals surface area contributed by atoms with Gasteiger partial charge in [0.05, 0.1) is 21.1 Å². The third kappa shape index (κ3) is 25.3. The van der Waals surface area contributed by atoms with Crippen LogP contribution in [0.15, 0.2) is 12.2 Å². The van der Waals surface area contributed by atoms with E-state index in [9.17, 15) is 14.7 Å². The Bertz CT molecular complexity index is 525. The number of rotatable bonds is 24. The van der Waals surface area contributed by atoms with Gasteiger partial charge in [-0.25, -0.2) is 0 Å². The van der Waals surface area contributed by atoms with Crippen LogP contribution in [0.4, 0.5) is 0 Å². The average Bonchev–Trinajstić information content (AvgIpc) is 2.73. The monoisotopic (exact) mass is 481 g/mol. The first-order valence-electron chi connectivity index (χ1n) is 14.1. The van der Waals surface area contributed by atoms with Gasteiger partial charge < -0.3 is 19.1 Å². The fourth-order valence-electron chi connectivity index (χ4n) is 4.23. The molecule has 0 radical (unpaired) electrons. The van der Waals surface area contributed by atoms with Crippen LogP contribution in [0.3, 0.4) is 0 Å². The molecular weight excluding hydrogens is 426 g/mol. The second-order valence-electron chi connectivity index (χ2n) is 10.9. The number of quaternary nitrogens is 1. The van der Waals surface area contributed by atoms with Crippen molar-refractivity contribution < 1.29 is 23.9 Å². The zero-order valence-electron chi connectivity index (χ0n) is 23.0. The maximum atomic E-state index is 12.1. The molecule has 0 saturated carbocycles. The zero-order valence-corrected chi connectivity index (χ0v) is 23.0. The van der Waals surface area contributed by atoms with Crippen LogP contribution in [0.25, 0.3) is 0 Å². The number of hydrogen-bond donors (Lipinski definition) is 0. The fraction of sp³-hybridized carbons (Fsp3) is 0.862. The molecule has 5 heteroatoms. The van der Waals surface area contributed by atoms with Gasteiger partial charge in [-0.15, -0.1) is 0 Å². The van der Waals surface area contributed by atoms with E-state index in [-0.39, 0.29) is 12.4 Å². The lowest BCUT2D eigenvalue weighted by atomic mass is 10.1. The molecule has 0 aliphatic heterocycles. The first kappa shape index (κ1) is 32.6. The van der Waals surface area contributed by atoms with Gasteiger partial charge in [0.15, 0.2) is 6.10 Å². The predicted molar refractivity (Wildman–Crippen MR) is 140 cm³/mol. The Morgan fingerprint density at radius 2 is 1.18 bits per heavy atom. The lowest BCUT2D eigenvalue weighted by Crippen LogP contribution is -2.45. The van der Waals surface area contributed by atoms with Gasteiger partial charge in [0.25, 0.3) is 0 Å². The molecule has 0 aliphatic rings. The minimum Gasteiger partial charge on any atom is -0.550 e. The number of nitrogens with zero attached hydrogens (tertiary/aromatic N) is 1. The molecule has 200 valence electrons. The Kier molecular flexibility index (Phi) is 21.2. The van der Waals surface area contributed by atoms with Crippen LogP contribution in [0.1, 0.15) is 129 Å². The van der Waals surface area contributed by atoms with E-state index in [0.29, 0.717) is 17.4 Å². The minimum absolute atomic E-state index is 0.239. The van der Waals surface area contributed by atoms with Crippen LogP contribution in [-0.2, 0) is 14.3 Å². The summed E-state index contributed by atoms with van der Waals surface area (Å²) in [4.78, 5) is 23.0. The Morgan fingerprint density at radius 3 is 1.62 bits per heavy atom. The molecule has 0 aromatic heterocycles. The Balaban J connectivity index is 3.52. The molecular formula is C29H55NO4. The number of aliphatic carboxylic acids is 1. The molecule has 0 spiro atoms. The van der Waals surface area contributed by atoms with E-state index in [4.69, 9.17) is 4.74 Å². The Hall–Kier alpha value is -1.36. The number of carboxylic acids is 1. The number of carbonyl (C=O) groups is 2.